The number of likely N-dealkylation sites (tertiary alicyclic amines) is 1. The summed E-state index contributed by atoms with van der Waals surface area (Å²) in [6, 6.07) is 10.5. The van der Waals surface area contributed by atoms with Crippen molar-refractivity contribution in [3.05, 3.63) is 42.0 Å². The second-order valence-electron chi connectivity index (χ2n) is 4.78. The minimum Gasteiger partial charge on any atom is -0.473 e. The van der Waals surface area contributed by atoms with E-state index in [9.17, 15) is 0 Å². The normalized spacial score (nSPS) is 15.2. The van der Waals surface area contributed by atoms with Crippen LogP contribution in [0.2, 0.25) is 0 Å². The van der Waals surface area contributed by atoms with Crippen LogP contribution in [0.3, 0.4) is 0 Å². The summed E-state index contributed by atoms with van der Waals surface area (Å²) in [6.07, 6.45) is 8.66. The van der Waals surface area contributed by atoms with Crippen LogP contribution in [0, 0.1) is 0 Å². The highest BCUT2D eigenvalue weighted by Crippen LogP contribution is 2.08. The summed E-state index contributed by atoms with van der Waals surface area (Å²) in [5.41, 5.74) is 1.30. The van der Waals surface area contributed by atoms with Gasteiger partial charge in [0.2, 0.25) is 0 Å². The minimum absolute atomic E-state index is 1.11. The number of nitrogens with zero attached hydrogens (tertiary/aromatic N) is 1. The lowest BCUT2D eigenvalue weighted by molar-refractivity contribution is -0.159. The van der Waals surface area contributed by atoms with Gasteiger partial charge in [0.15, 0.2) is 0 Å². The number of rotatable bonds is 3. The van der Waals surface area contributed by atoms with Gasteiger partial charge in [0.1, 0.15) is 0 Å². The maximum absolute atomic E-state index is 9.10. The number of carboxylic acids is 2. The fourth-order valence-corrected chi connectivity index (χ4v) is 2.04. The zero-order valence-corrected chi connectivity index (χ0v) is 11.9. The van der Waals surface area contributed by atoms with Gasteiger partial charge in [-0.05, 0) is 31.5 Å². The SMILES string of the molecule is C(=Cc1ccccc1)CN1CCCCC1.O=C(O)C(=O)O. The number of carboxylic acid groups (broad SMARTS) is 2. The van der Waals surface area contributed by atoms with Gasteiger partial charge in [-0.3, -0.25) is 4.90 Å². The van der Waals surface area contributed by atoms with Crippen LogP contribution in [0.4, 0.5) is 0 Å². The highest BCUT2D eigenvalue weighted by molar-refractivity contribution is 6.27. The molecule has 114 valence electrons. The molecule has 0 atom stereocenters. The van der Waals surface area contributed by atoms with Gasteiger partial charge in [-0.15, -0.1) is 0 Å². The molecule has 0 aliphatic carbocycles. The van der Waals surface area contributed by atoms with Crippen molar-refractivity contribution in [2.24, 2.45) is 0 Å². The van der Waals surface area contributed by atoms with Crippen molar-refractivity contribution in [3.63, 3.8) is 0 Å². The number of aliphatic carboxylic acids is 2. The molecule has 2 N–H and O–H groups in total. The number of hydrogen-bond acceptors (Lipinski definition) is 3. The number of hydrogen-bond donors (Lipinski definition) is 2. The van der Waals surface area contributed by atoms with Gasteiger partial charge in [-0.2, -0.15) is 0 Å². The van der Waals surface area contributed by atoms with E-state index in [1.807, 2.05) is 0 Å². The van der Waals surface area contributed by atoms with Gasteiger partial charge in [-0.25, -0.2) is 9.59 Å². The van der Waals surface area contributed by atoms with E-state index in [1.165, 1.54) is 37.9 Å². The topological polar surface area (TPSA) is 77.8 Å². The number of piperidine rings is 1. The zero-order chi connectivity index (χ0) is 15.5. The third-order valence-corrected chi connectivity index (χ3v) is 3.11. The molecule has 1 aromatic carbocycles. The van der Waals surface area contributed by atoms with Gasteiger partial charge in [0, 0.05) is 6.54 Å². The van der Waals surface area contributed by atoms with Gasteiger partial charge < -0.3 is 10.2 Å². The first-order chi connectivity index (χ1) is 10.1. The molecule has 5 heteroatoms. The molecule has 0 bridgehead atoms. The Balaban J connectivity index is 0.000000315. The molecular weight excluding hydrogens is 270 g/mol. The van der Waals surface area contributed by atoms with Gasteiger partial charge in [0.05, 0.1) is 0 Å². The summed E-state index contributed by atoms with van der Waals surface area (Å²) in [5.74, 6) is -3.65. The molecular formula is C16H21NO4. The Morgan fingerprint density at radius 3 is 2.10 bits per heavy atom. The summed E-state index contributed by atoms with van der Waals surface area (Å²) in [7, 11) is 0. The van der Waals surface area contributed by atoms with Gasteiger partial charge >= 0.3 is 11.9 Å². The molecule has 0 aromatic heterocycles. The first-order valence-corrected chi connectivity index (χ1v) is 7.00. The lowest BCUT2D eigenvalue weighted by Gasteiger charge is -2.24. The molecule has 21 heavy (non-hydrogen) atoms. The molecule has 0 radical (unpaired) electrons. The molecule has 0 amide bonds. The predicted molar refractivity (Wildman–Crippen MR) is 81.0 cm³/mol. The largest absolute Gasteiger partial charge is 0.473 e. The molecule has 5 nitrogen and oxygen atoms in total. The van der Waals surface area contributed by atoms with E-state index in [-0.39, 0.29) is 0 Å². The lowest BCUT2D eigenvalue weighted by atomic mass is 10.1. The van der Waals surface area contributed by atoms with Crippen LogP contribution in [0.1, 0.15) is 24.8 Å². The maximum Gasteiger partial charge on any atom is 0.414 e. The minimum atomic E-state index is -1.82. The molecule has 0 saturated carbocycles. The standard InChI is InChI=1S/C14H19N.C2H2O4/c1-3-8-14(9-4-1)10-7-13-15-11-5-2-6-12-15;3-1(4)2(5)6/h1,3-4,7-10H,2,5-6,11-13H2;(H,3,4)(H,5,6). The van der Waals surface area contributed by atoms with Gasteiger partial charge in [-0.1, -0.05) is 48.9 Å². The van der Waals surface area contributed by atoms with E-state index >= 15 is 0 Å². The second-order valence-corrected chi connectivity index (χ2v) is 4.78. The summed E-state index contributed by atoms with van der Waals surface area (Å²) in [5, 5.41) is 14.8. The van der Waals surface area contributed by atoms with Crippen molar-refractivity contribution in [3.8, 4) is 0 Å². The Kier molecular flexibility index (Phi) is 7.82. The Morgan fingerprint density at radius 1 is 1.00 bits per heavy atom. The van der Waals surface area contributed by atoms with Crippen molar-refractivity contribution < 1.29 is 19.8 Å². The molecule has 1 aliphatic heterocycles. The van der Waals surface area contributed by atoms with Crippen molar-refractivity contribution in [2.75, 3.05) is 19.6 Å². The smallest absolute Gasteiger partial charge is 0.414 e. The lowest BCUT2D eigenvalue weighted by Crippen LogP contribution is -2.29. The third kappa shape index (κ3) is 7.89. The predicted octanol–water partition coefficient (Wildman–Crippen LogP) is 2.34. The van der Waals surface area contributed by atoms with E-state index in [2.05, 4.69) is 47.4 Å². The fraction of sp³-hybridized carbons (Fsp3) is 0.375. The highest BCUT2D eigenvalue weighted by Gasteiger charge is 2.07. The Morgan fingerprint density at radius 2 is 1.57 bits per heavy atom. The summed E-state index contributed by atoms with van der Waals surface area (Å²) in [6.45, 7) is 3.66. The molecule has 1 fully saturated rings. The average Bonchev–Trinajstić information content (AvgIpc) is 2.50. The third-order valence-electron chi connectivity index (χ3n) is 3.11. The summed E-state index contributed by atoms with van der Waals surface area (Å²) >= 11 is 0. The quantitative estimate of drug-likeness (QED) is 0.836. The van der Waals surface area contributed by atoms with E-state index in [1.54, 1.807) is 0 Å². The van der Waals surface area contributed by atoms with E-state index < -0.39 is 11.9 Å². The maximum atomic E-state index is 9.10. The number of benzene rings is 1. The molecule has 0 unspecified atom stereocenters. The average molecular weight is 291 g/mol. The van der Waals surface area contributed by atoms with Crippen molar-refractivity contribution in [2.45, 2.75) is 19.3 Å². The van der Waals surface area contributed by atoms with Crippen molar-refractivity contribution in [1.29, 1.82) is 0 Å². The zero-order valence-electron chi connectivity index (χ0n) is 11.9. The van der Waals surface area contributed by atoms with E-state index in [0.717, 1.165) is 6.54 Å². The van der Waals surface area contributed by atoms with Crippen LogP contribution >= 0.6 is 0 Å². The Labute approximate surface area is 124 Å². The van der Waals surface area contributed by atoms with Crippen LogP contribution in [-0.2, 0) is 9.59 Å². The molecule has 1 saturated heterocycles. The first-order valence-electron chi connectivity index (χ1n) is 7.00. The van der Waals surface area contributed by atoms with E-state index in [4.69, 9.17) is 19.8 Å². The van der Waals surface area contributed by atoms with Gasteiger partial charge in [0.25, 0.3) is 0 Å². The monoisotopic (exact) mass is 291 g/mol. The molecule has 1 aliphatic rings. The molecule has 0 spiro atoms. The fourth-order valence-electron chi connectivity index (χ4n) is 2.04. The number of carbonyl (C=O) groups is 2. The van der Waals surface area contributed by atoms with E-state index in [0.29, 0.717) is 0 Å². The Bertz CT molecular complexity index is 452. The second kappa shape index (κ2) is 9.72. The van der Waals surface area contributed by atoms with Crippen molar-refractivity contribution >= 4 is 18.0 Å². The summed E-state index contributed by atoms with van der Waals surface area (Å²) in [4.78, 5) is 20.7. The molecule has 1 aromatic rings. The highest BCUT2D eigenvalue weighted by atomic mass is 16.4. The van der Waals surface area contributed by atoms with Crippen LogP contribution < -0.4 is 0 Å². The summed E-state index contributed by atoms with van der Waals surface area (Å²) < 4.78 is 0. The van der Waals surface area contributed by atoms with Crippen LogP contribution in [-0.4, -0.2) is 46.7 Å². The van der Waals surface area contributed by atoms with Crippen LogP contribution in [0.15, 0.2) is 36.4 Å². The first kappa shape index (κ1) is 16.9. The van der Waals surface area contributed by atoms with Crippen LogP contribution in [0.25, 0.3) is 6.08 Å². The van der Waals surface area contributed by atoms with Crippen LogP contribution in [0.5, 0.6) is 0 Å². The molecule has 1 heterocycles. The Hall–Kier alpha value is -2.14. The molecule has 2 rings (SSSR count). The van der Waals surface area contributed by atoms with Crippen molar-refractivity contribution in [1.82, 2.24) is 4.90 Å².